The first-order valence-electron chi connectivity index (χ1n) is 39.8. The van der Waals surface area contributed by atoms with E-state index in [4.69, 9.17) is 0 Å². The number of anilines is 4. The molecule has 0 radical (unpaired) electrons. The number of fused-ring (bicyclic) bond motifs is 9. The van der Waals surface area contributed by atoms with E-state index in [0.29, 0.717) is 19.6 Å². The molecule has 0 bridgehead atoms. The second kappa shape index (κ2) is 27.5. The zero-order chi connectivity index (χ0) is 74.5. The summed E-state index contributed by atoms with van der Waals surface area (Å²) >= 11 is 0. The van der Waals surface area contributed by atoms with Crippen LogP contribution in [0.15, 0.2) is 400 Å². The molecule has 4 heteroatoms. The Morgan fingerprint density at radius 1 is 0.221 bits per heavy atom. The number of nitrogens with zero attached hydrogens (tertiary/aromatic N) is 3. The van der Waals surface area contributed by atoms with Crippen molar-refractivity contribution >= 4 is 111 Å². The lowest BCUT2D eigenvalue weighted by Crippen LogP contribution is -2.62. The molecule has 3 nitrogen and oxygen atoms in total. The highest BCUT2D eigenvalue weighted by Gasteiger charge is 2.44. The van der Waals surface area contributed by atoms with Crippen LogP contribution >= 0.6 is 0 Å². The highest BCUT2D eigenvalue weighted by atomic mass is 15.2. The summed E-state index contributed by atoms with van der Waals surface area (Å²) in [7, 11) is 0. The highest BCUT2D eigenvalue weighted by Crippen LogP contribution is 2.48. The number of benzene rings is 19. The van der Waals surface area contributed by atoms with Crippen LogP contribution in [-0.4, -0.2) is 24.4 Å². The van der Waals surface area contributed by atoms with Gasteiger partial charge in [0.25, 0.3) is 6.71 Å². The smallest absolute Gasteiger partial charge is 0.252 e. The van der Waals surface area contributed by atoms with E-state index in [-0.39, 0.29) is 6.71 Å². The minimum atomic E-state index is -0.151. The average Bonchev–Trinajstić information content (AvgIpc) is 1.05. The molecular weight excluding hydrogens is 1360 g/mol. The minimum Gasteiger partial charge on any atom is -0.342 e. The molecule has 530 valence electrons. The van der Waals surface area contributed by atoms with Crippen molar-refractivity contribution in [3.63, 3.8) is 0 Å². The maximum atomic E-state index is 2.78. The molecule has 2 aliphatic heterocycles. The summed E-state index contributed by atoms with van der Waals surface area (Å²) in [5.41, 5.74) is 34.6. The average molecular weight is 1440 g/mol. The molecule has 0 saturated carbocycles. The number of aromatic nitrogens is 1. The van der Waals surface area contributed by atoms with Gasteiger partial charge in [-0.15, -0.1) is 0 Å². The van der Waals surface area contributed by atoms with Gasteiger partial charge >= 0.3 is 0 Å². The molecule has 1 aromatic heterocycles. The summed E-state index contributed by atoms with van der Waals surface area (Å²) < 4.78 is 2.58. The van der Waals surface area contributed by atoms with Gasteiger partial charge in [0.1, 0.15) is 0 Å². The highest BCUT2D eigenvalue weighted by molar-refractivity contribution is 7.00. The first kappa shape index (κ1) is 66.0. The van der Waals surface area contributed by atoms with Crippen molar-refractivity contribution in [2.24, 2.45) is 0 Å². The Kier molecular flexibility index (Phi) is 16.1. The van der Waals surface area contributed by atoms with E-state index < -0.39 is 0 Å². The Morgan fingerprint density at radius 3 is 1.07 bits per heavy atom. The van der Waals surface area contributed by atoms with Gasteiger partial charge in [0.15, 0.2) is 0 Å². The van der Waals surface area contributed by atoms with Crippen molar-refractivity contribution in [1.82, 2.24) is 4.57 Å². The lowest BCUT2D eigenvalue weighted by Gasteiger charge is -2.45. The van der Waals surface area contributed by atoms with Gasteiger partial charge in [0, 0.05) is 64.2 Å². The molecule has 0 atom stereocenters. The third kappa shape index (κ3) is 11.3. The third-order valence-electron chi connectivity index (χ3n) is 24.5. The zero-order valence-corrected chi connectivity index (χ0v) is 62.6. The fraction of sp³-hybridized carbons (Fsp3) is 0.0459. The zero-order valence-electron chi connectivity index (χ0n) is 62.6. The van der Waals surface area contributed by atoms with Gasteiger partial charge in [-0.1, -0.05) is 328 Å². The maximum absolute atomic E-state index is 2.78. The van der Waals surface area contributed by atoms with Crippen molar-refractivity contribution in [3.8, 4) is 89.0 Å². The number of para-hydroxylation sites is 2. The van der Waals surface area contributed by atoms with E-state index in [1.807, 2.05) is 0 Å². The molecule has 0 aliphatic carbocycles. The molecule has 22 rings (SSSR count). The van der Waals surface area contributed by atoms with Crippen LogP contribution in [0.3, 0.4) is 0 Å². The van der Waals surface area contributed by atoms with Crippen LogP contribution in [-0.2, 0) is 19.4 Å². The van der Waals surface area contributed by atoms with Crippen LogP contribution in [0.25, 0.3) is 154 Å². The largest absolute Gasteiger partial charge is 0.342 e. The second-order valence-corrected chi connectivity index (χ2v) is 30.8. The predicted octanol–water partition coefficient (Wildman–Crippen LogP) is 26.1. The number of rotatable bonds is 16. The topological polar surface area (TPSA) is 11.4 Å². The van der Waals surface area contributed by atoms with E-state index in [9.17, 15) is 0 Å². The van der Waals surface area contributed by atoms with Crippen molar-refractivity contribution in [1.29, 1.82) is 0 Å². The molecule has 3 heterocycles. The fourth-order valence-electron chi connectivity index (χ4n) is 19.4. The van der Waals surface area contributed by atoms with Crippen LogP contribution in [0, 0.1) is 0 Å². The van der Waals surface area contributed by atoms with E-state index in [2.05, 4.69) is 415 Å². The maximum Gasteiger partial charge on any atom is 0.252 e. The molecule has 0 spiro atoms. The Balaban J connectivity index is 0.809. The molecule has 0 unspecified atom stereocenters. The molecule has 0 N–H and O–H groups in total. The molecule has 2 aliphatic rings. The van der Waals surface area contributed by atoms with Gasteiger partial charge in [0.2, 0.25) is 0 Å². The summed E-state index contributed by atoms with van der Waals surface area (Å²) in [6.07, 6.45) is 1.49. The Hall–Kier alpha value is -14.1. The molecule has 0 amide bonds. The van der Waals surface area contributed by atoms with Crippen molar-refractivity contribution in [2.75, 3.05) is 22.9 Å². The normalized spacial score (nSPS) is 12.4. The van der Waals surface area contributed by atoms with Crippen molar-refractivity contribution in [2.45, 2.75) is 19.4 Å². The predicted molar refractivity (Wildman–Crippen MR) is 482 cm³/mol. The number of hydrogen-bond donors (Lipinski definition) is 0. The molecule has 0 saturated heterocycles. The van der Waals surface area contributed by atoms with Gasteiger partial charge < -0.3 is 14.4 Å². The van der Waals surface area contributed by atoms with Gasteiger partial charge in [0.05, 0.1) is 0 Å². The fourth-order valence-corrected chi connectivity index (χ4v) is 19.4. The van der Waals surface area contributed by atoms with Crippen LogP contribution < -0.4 is 26.2 Å². The SMILES string of the molecule is c1ccc(-c2ccc3c(c2)B2c4ccc(-c5cc6cccc7c8cccc9cccc(c(c5)c67)c98)cc4N(CCc4c(-c5ccccc5)cc(-c5ccccc5)cc4-c4ccccc4)c4cc(Cn5c6ccccc6c6ccccc65)cc(c42)N3CCc2c(-c3ccccc3)cc(-c3ccccc3)cc2-c2ccccc2)cc1. The lowest BCUT2D eigenvalue weighted by atomic mass is 9.33. The van der Waals surface area contributed by atoms with Crippen LogP contribution in [0.1, 0.15) is 16.7 Å². The van der Waals surface area contributed by atoms with Gasteiger partial charge in [-0.2, -0.15) is 0 Å². The number of hydrogen-bond acceptors (Lipinski definition) is 2. The van der Waals surface area contributed by atoms with Gasteiger partial charge in [-0.05, 0) is 251 Å². The standard InChI is InChI=1S/C109H76BN3/c1-8-29-73(30-9-1)81-54-56-103-100(69-81)110-99-55-53-82(84-63-83-45-28-49-92-91-48-26-43-80-44-27-50-93(107(80)91)98(68-84)108(83)92)70-104(99)112(60-58-88-96(78-39-18-6-19-40-78)66-86(75-33-12-3-13-34-75)67-97(88)79-41-20-7-21-42-79)106-62-72(71-113-101-51-24-22-46-89(101)90-47-23-25-52-102(90)113)61-105(109(106)110)111(103)59-57-87-94(76-35-14-4-15-36-76)64-85(74-31-10-2-11-32-74)65-95(87)77-37-16-5-17-38-77/h1-56,61-70H,57-60,71H2. The summed E-state index contributed by atoms with van der Waals surface area (Å²) in [5, 5.41) is 12.8. The third-order valence-corrected chi connectivity index (χ3v) is 24.5. The molecule has 113 heavy (non-hydrogen) atoms. The molecule has 20 aromatic rings. The van der Waals surface area contributed by atoms with Crippen LogP contribution in [0.2, 0.25) is 0 Å². The van der Waals surface area contributed by atoms with Crippen molar-refractivity contribution < 1.29 is 0 Å². The van der Waals surface area contributed by atoms with E-state index >= 15 is 0 Å². The molecular formula is C109H76BN3. The van der Waals surface area contributed by atoms with Gasteiger partial charge in [-0.3, -0.25) is 0 Å². The van der Waals surface area contributed by atoms with E-state index in [0.717, 1.165) is 12.8 Å². The van der Waals surface area contributed by atoms with E-state index in [1.54, 1.807) is 0 Å². The van der Waals surface area contributed by atoms with Crippen LogP contribution in [0.4, 0.5) is 22.7 Å². The Morgan fingerprint density at radius 2 is 0.593 bits per heavy atom. The summed E-state index contributed by atoms with van der Waals surface area (Å²) in [6.45, 7) is 1.88. The first-order valence-corrected chi connectivity index (χ1v) is 39.8. The van der Waals surface area contributed by atoms with Crippen LogP contribution in [0.5, 0.6) is 0 Å². The van der Waals surface area contributed by atoms with Gasteiger partial charge in [-0.25, -0.2) is 0 Å². The van der Waals surface area contributed by atoms with Crippen molar-refractivity contribution in [3.05, 3.63) is 417 Å². The summed E-state index contributed by atoms with van der Waals surface area (Å²) in [4.78, 5) is 5.53. The Labute approximate surface area is 659 Å². The lowest BCUT2D eigenvalue weighted by molar-refractivity contribution is 0.860. The summed E-state index contributed by atoms with van der Waals surface area (Å²) in [5.74, 6) is 0. The second-order valence-electron chi connectivity index (χ2n) is 30.8. The van der Waals surface area contributed by atoms with E-state index in [1.165, 1.54) is 210 Å². The Bertz CT molecular complexity index is 6880. The monoisotopic (exact) mass is 1440 g/mol. The quantitative estimate of drug-likeness (QED) is 0.0543. The first-order chi connectivity index (χ1) is 56.0. The summed E-state index contributed by atoms with van der Waals surface area (Å²) in [6, 6.07) is 151. The molecule has 0 fully saturated rings. The molecule has 19 aromatic carbocycles. The minimum absolute atomic E-state index is 0.151.